The number of nitrogens with zero attached hydrogens (tertiary/aromatic N) is 3. The number of sulfonamides is 1. The Hall–Kier alpha value is -1.38. The molecule has 2 heterocycles. The lowest BCUT2D eigenvalue weighted by atomic mass is 10.6. The van der Waals surface area contributed by atoms with E-state index in [1.54, 1.807) is 0 Å². The Morgan fingerprint density at radius 1 is 1.29 bits per heavy atom. The van der Waals surface area contributed by atoms with Gasteiger partial charge in [0.2, 0.25) is 0 Å². The first-order valence-electron chi connectivity index (χ1n) is 4.18. The summed E-state index contributed by atoms with van der Waals surface area (Å²) in [6.07, 6.45) is 3.49. The Morgan fingerprint density at radius 2 is 2.06 bits per heavy atom. The molecule has 0 amide bonds. The second kappa shape index (κ2) is 4.47. The molecule has 7 nitrogen and oxygen atoms in total. The van der Waals surface area contributed by atoms with E-state index in [1.165, 1.54) is 6.33 Å². The van der Waals surface area contributed by atoms with Crippen LogP contribution in [-0.4, -0.2) is 28.4 Å². The molecular weight excluding hydrogens is 289 g/mol. The average molecular weight is 294 g/mol. The fraction of sp³-hybridized carbons (Fsp3) is 0. The zero-order valence-electron chi connectivity index (χ0n) is 8.05. The van der Waals surface area contributed by atoms with Crippen LogP contribution >= 0.6 is 23.2 Å². The third-order valence-corrected chi connectivity index (χ3v) is 3.75. The van der Waals surface area contributed by atoms with Gasteiger partial charge in [0.05, 0.1) is 12.5 Å². The number of rotatable bonds is 3. The number of hydrogen-bond acceptors (Lipinski definition) is 5. The molecule has 17 heavy (non-hydrogen) atoms. The Balaban J connectivity index is 2.37. The van der Waals surface area contributed by atoms with Gasteiger partial charge in [0.25, 0.3) is 10.0 Å². The summed E-state index contributed by atoms with van der Waals surface area (Å²) in [6.45, 7) is 0. The van der Waals surface area contributed by atoms with Crippen molar-refractivity contribution in [1.29, 1.82) is 0 Å². The first-order chi connectivity index (χ1) is 8.00. The van der Waals surface area contributed by atoms with Crippen LogP contribution in [0.1, 0.15) is 0 Å². The SMILES string of the molecule is O=S(=O)(Nc1ncnc(Cl)c1Cl)c1cnc[nH]1. The second-order valence-corrected chi connectivity index (χ2v) is 5.24. The van der Waals surface area contributed by atoms with E-state index in [0.29, 0.717) is 0 Å². The van der Waals surface area contributed by atoms with Gasteiger partial charge >= 0.3 is 0 Å². The smallest absolute Gasteiger partial charge is 0.280 e. The van der Waals surface area contributed by atoms with Crippen LogP contribution in [0.15, 0.2) is 23.9 Å². The number of aromatic nitrogens is 4. The van der Waals surface area contributed by atoms with Crippen molar-refractivity contribution in [3.05, 3.63) is 29.0 Å². The molecule has 2 aromatic rings. The van der Waals surface area contributed by atoms with Crippen molar-refractivity contribution in [3.8, 4) is 0 Å². The van der Waals surface area contributed by atoms with E-state index in [2.05, 4.69) is 24.7 Å². The van der Waals surface area contributed by atoms with Gasteiger partial charge in [-0.15, -0.1) is 0 Å². The lowest BCUT2D eigenvalue weighted by molar-refractivity contribution is 0.598. The van der Waals surface area contributed by atoms with E-state index in [1.807, 2.05) is 0 Å². The van der Waals surface area contributed by atoms with Crippen molar-refractivity contribution in [2.75, 3.05) is 4.72 Å². The molecule has 2 rings (SSSR count). The van der Waals surface area contributed by atoms with Gasteiger partial charge in [0.15, 0.2) is 16.0 Å². The van der Waals surface area contributed by atoms with Gasteiger partial charge in [-0.05, 0) is 0 Å². The molecule has 2 aromatic heterocycles. The molecule has 0 atom stereocenters. The molecule has 0 radical (unpaired) electrons. The molecular formula is C7H5Cl2N5O2S. The van der Waals surface area contributed by atoms with Gasteiger partial charge < -0.3 is 4.98 Å². The number of hydrogen-bond donors (Lipinski definition) is 2. The lowest BCUT2D eigenvalue weighted by Gasteiger charge is -2.06. The van der Waals surface area contributed by atoms with Gasteiger partial charge in [-0.3, -0.25) is 4.72 Å². The van der Waals surface area contributed by atoms with Crippen LogP contribution in [0.4, 0.5) is 5.82 Å². The highest BCUT2D eigenvalue weighted by atomic mass is 35.5. The maximum Gasteiger partial charge on any atom is 0.280 e. The molecule has 0 saturated carbocycles. The van der Waals surface area contributed by atoms with Crippen molar-refractivity contribution >= 4 is 39.0 Å². The second-order valence-electron chi connectivity index (χ2n) is 2.85. The van der Waals surface area contributed by atoms with Crippen LogP contribution in [0.5, 0.6) is 0 Å². The molecule has 0 saturated heterocycles. The number of imidazole rings is 1. The van der Waals surface area contributed by atoms with Crippen LogP contribution in [-0.2, 0) is 10.0 Å². The Labute approximate surface area is 106 Å². The molecule has 0 aromatic carbocycles. The van der Waals surface area contributed by atoms with E-state index in [0.717, 1.165) is 12.5 Å². The van der Waals surface area contributed by atoms with E-state index in [9.17, 15) is 8.42 Å². The highest BCUT2D eigenvalue weighted by Crippen LogP contribution is 2.26. The highest BCUT2D eigenvalue weighted by Gasteiger charge is 2.19. The first kappa shape index (κ1) is 12.1. The molecule has 0 fully saturated rings. The summed E-state index contributed by atoms with van der Waals surface area (Å²) < 4.78 is 25.7. The molecule has 0 unspecified atom stereocenters. The third-order valence-electron chi connectivity index (χ3n) is 1.74. The fourth-order valence-corrected chi connectivity index (χ4v) is 2.25. The molecule has 0 aliphatic heterocycles. The van der Waals surface area contributed by atoms with Crippen molar-refractivity contribution in [3.63, 3.8) is 0 Å². The molecule has 0 spiro atoms. The third kappa shape index (κ3) is 2.48. The lowest BCUT2D eigenvalue weighted by Crippen LogP contribution is -2.14. The number of nitrogens with one attached hydrogen (secondary N) is 2. The zero-order valence-corrected chi connectivity index (χ0v) is 10.4. The highest BCUT2D eigenvalue weighted by molar-refractivity contribution is 7.92. The number of H-pyrrole nitrogens is 1. The van der Waals surface area contributed by atoms with E-state index in [4.69, 9.17) is 23.2 Å². The molecule has 2 N–H and O–H groups in total. The minimum Gasteiger partial charge on any atom is -0.334 e. The maximum atomic E-state index is 11.8. The summed E-state index contributed by atoms with van der Waals surface area (Å²) >= 11 is 11.4. The normalized spacial score (nSPS) is 11.4. The van der Waals surface area contributed by atoms with Gasteiger partial charge in [0, 0.05) is 0 Å². The number of anilines is 1. The summed E-state index contributed by atoms with van der Waals surface area (Å²) in [5.74, 6) is -0.0960. The quantitative estimate of drug-likeness (QED) is 0.831. The molecule has 10 heteroatoms. The summed E-state index contributed by atoms with van der Waals surface area (Å²) in [6, 6.07) is 0. The Bertz CT molecular complexity index is 628. The van der Waals surface area contributed by atoms with E-state index < -0.39 is 10.0 Å². The van der Waals surface area contributed by atoms with Gasteiger partial charge in [-0.1, -0.05) is 23.2 Å². The van der Waals surface area contributed by atoms with Gasteiger partial charge in [-0.25, -0.2) is 15.0 Å². The summed E-state index contributed by atoms with van der Waals surface area (Å²) in [5.41, 5.74) is 0. The molecule has 90 valence electrons. The van der Waals surface area contributed by atoms with Gasteiger partial charge in [-0.2, -0.15) is 8.42 Å². The molecule has 0 aliphatic carbocycles. The van der Waals surface area contributed by atoms with E-state index >= 15 is 0 Å². The summed E-state index contributed by atoms with van der Waals surface area (Å²) in [4.78, 5) is 13.3. The minimum atomic E-state index is -3.81. The van der Waals surface area contributed by atoms with Crippen LogP contribution < -0.4 is 4.72 Å². The standard InChI is InChI=1S/C7H5Cl2N5O2S/c8-5-6(9)12-3-13-7(5)14-17(15,16)4-1-10-2-11-4/h1-3H,(H,10,11)(H,12,13,14). The fourth-order valence-electron chi connectivity index (χ4n) is 0.992. The van der Waals surface area contributed by atoms with Gasteiger partial charge in [0.1, 0.15) is 11.3 Å². The minimum absolute atomic E-state index is 0.0380. The van der Waals surface area contributed by atoms with E-state index in [-0.39, 0.29) is 21.0 Å². The first-order valence-corrected chi connectivity index (χ1v) is 6.42. The topological polar surface area (TPSA) is 101 Å². The van der Waals surface area contributed by atoms with Crippen LogP contribution in [0.3, 0.4) is 0 Å². The Morgan fingerprint density at radius 3 is 2.71 bits per heavy atom. The molecule has 0 aliphatic rings. The van der Waals surface area contributed by atoms with Crippen molar-refractivity contribution < 1.29 is 8.42 Å². The summed E-state index contributed by atoms with van der Waals surface area (Å²) in [5, 5.41) is -0.218. The number of aromatic amines is 1. The zero-order chi connectivity index (χ0) is 12.5. The monoisotopic (exact) mass is 293 g/mol. The van der Waals surface area contributed by atoms with Crippen LogP contribution in [0, 0.1) is 0 Å². The van der Waals surface area contributed by atoms with Crippen LogP contribution in [0.2, 0.25) is 10.2 Å². The summed E-state index contributed by atoms with van der Waals surface area (Å²) in [7, 11) is -3.81. The van der Waals surface area contributed by atoms with Crippen molar-refractivity contribution in [1.82, 2.24) is 19.9 Å². The Kier molecular flexibility index (Phi) is 3.18. The predicted octanol–water partition coefficient (Wildman–Crippen LogP) is 1.31. The predicted molar refractivity (Wildman–Crippen MR) is 61.4 cm³/mol. The molecule has 0 bridgehead atoms. The number of halogens is 2. The van der Waals surface area contributed by atoms with Crippen LogP contribution in [0.25, 0.3) is 0 Å². The maximum absolute atomic E-state index is 11.8. The van der Waals surface area contributed by atoms with Crippen molar-refractivity contribution in [2.45, 2.75) is 5.03 Å². The van der Waals surface area contributed by atoms with Crippen molar-refractivity contribution in [2.24, 2.45) is 0 Å². The largest absolute Gasteiger partial charge is 0.334 e. The average Bonchev–Trinajstić information content (AvgIpc) is 2.78.